The lowest BCUT2D eigenvalue weighted by Gasteiger charge is -2.39. The largest absolute Gasteiger partial charge is 0.477 e. The Bertz CT molecular complexity index is 2700. The van der Waals surface area contributed by atoms with Crippen LogP contribution in [0.25, 0.3) is 33.3 Å². The zero-order valence-electron chi connectivity index (χ0n) is 35.3. The van der Waals surface area contributed by atoms with Crippen LogP contribution < -0.4 is 33.6 Å². The van der Waals surface area contributed by atoms with Crippen LogP contribution in [0.4, 0.5) is 11.4 Å². The minimum Gasteiger partial charge on any atom is -0.477 e. The van der Waals surface area contributed by atoms with Gasteiger partial charge in [0.25, 0.3) is 11.8 Å². The molecule has 4 atom stereocenters. The summed E-state index contributed by atoms with van der Waals surface area (Å²) in [4.78, 5) is 52.9. The number of carboxylic acid groups (broad SMARTS) is 1. The van der Waals surface area contributed by atoms with Gasteiger partial charge in [0.05, 0.1) is 53.0 Å². The van der Waals surface area contributed by atoms with E-state index >= 15 is 0 Å². The van der Waals surface area contributed by atoms with Crippen molar-refractivity contribution >= 4 is 46.2 Å². The smallest absolute Gasteiger partial charge is 0.354 e. The number of carbonyl (C=O) groups is 4. The van der Waals surface area contributed by atoms with Gasteiger partial charge in [-0.15, -0.1) is 0 Å². The number of nitrogens with two attached hydrogens (primary N) is 4. The minimum atomic E-state index is -1.03. The number of fused-ring (bicyclic) bond motifs is 2. The van der Waals surface area contributed by atoms with Crippen LogP contribution in [0.2, 0.25) is 0 Å². The third kappa shape index (κ3) is 7.45. The summed E-state index contributed by atoms with van der Waals surface area (Å²) in [6.45, 7) is 12.6. The summed E-state index contributed by atoms with van der Waals surface area (Å²) in [6.07, 6.45) is 13.4. The maximum atomic E-state index is 12.2. The van der Waals surface area contributed by atoms with Crippen LogP contribution in [-0.2, 0) is 4.74 Å². The fraction of sp³-hybridized carbons (Fsp3) is 0.395. The summed E-state index contributed by atoms with van der Waals surface area (Å²) in [7, 11) is 1.33. The molecular weight excluding hydrogens is 781 g/mol. The number of aromatic nitrogens is 6. The number of rotatable bonds is 10. The molecule has 0 aromatic carbocycles. The second-order valence-corrected chi connectivity index (χ2v) is 17.9. The van der Waals surface area contributed by atoms with Crippen molar-refractivity contribution in [3.05, 3.63) is 84.0 Å². The van der Waals surface area contributed by atoms with Crippen molar-refractivity contribution in [2.45, 2.75) is 90.4 Å². The van der Waals surface area contributed by atoms with Crippen LogP contribution in [0.3, 0.4) is 0 Å². The summed E-state index contributed by atoms with van der Waals surface area (Å²) in [6, 6.07) is 7.14. The van der Waals surface area contributed by atoms with Crippen LogP contribution in [-0.4, -0.2) is 88.3 Å². The molecule has 0 aliphatic heterocycles. The van der Waals surface area contributed by atoms with Crippen LogP contribution in [0.5, 0.6) is 0 Å². The monoisotopic (exact) mass is 834 g/mol. The Morgan fingerprint density at radius 1 is 0.705 bits per heavy atom. The number of esters is 1. The fourth-order valence-corrected chi connectivity index (χ4v) is 8.48. The van der Waals surface area contributed by atoms with E-state index in [1.807, 2.05) is 25.3 Å². The number of aromatic carboxylic acids is 1. The number of aromatic amines is 2. The Hall–Kier alpha value is -6.66. The first-order chi connectivity index (χ1) is 28.6. The summed E-state index contributed by atoms with van der Waals surface area (Å²) in [5.74, 6) is -2.60. The Balaban J connectivity index is 0.000000184. The quantitative estimate of drug-likeness (QED) is 0.0827. The molecule has 18 heteroatoms. The number of carbonyl (C=O) groups excluding carboxylic acids is 3. The van der Waals surface area contributed by atoms with Crippen LogP contribution in [0.15, 0.2) is 61.4 Å². The Morgan fingerprint density at radius 3 is 1.46 bits per heavy atom. The molecule has 2 aliphatic rings. The number of anilines is 2. The van der Waals surface area contributed by atoms with E-state index in [0.29, 0.717) is 44.8 Å². The van der Waals surface area contributed by atoms with Crippen molar-refractivity contribution in [1.29, 1.82) is 0 Å². The second-order valence-electron chi connectivity index (χ2n) is 17.9. The van der Waals surface area contributed by atoms with Gasteiger partial charge in [-0.1, -0.05) is 27.7 Å². The molecule has 2 amide bonds. The standard InChI is InChI=1S/C22H28N6O3.C21H26N6O3/c1-21(2)17(5-6-22(21,3)24)27-18-14(19(23)29)10-26-28-11-13(8-16(18)28)12-7-15(25-9-12)20(30)31-4;1-20(2)16(4-5-21(20,3)23)26-17-13(18(22)28)9-25-27-10-12(7-15(17)27)11-6-14(19(29)30)24-8-11/h7-11,17,25,27H,5-6,24H2,1-4H3,(H2,23,29);6-10,16,24,26H,4-5,23H2,1-3H3,(H2,22,28)(H,29,30)/t17-,22+;16-,21+/m11/s1. The first kappa shape index (κ1) is 42.5. The van der Waals surface area contributed by atoms with E-state index in [4.69, 9.17) is 32.8 Å². The Morgan fingerprint density at radius 2 is 1.11 bits per heavy atom. The molecular formula is C43H54N12O6. The molecule has 61 heavy (non-hydrogen) atoms. The topological polar surface area (TPSA) is 292 Å². The van der Waals surface area contributed by atoms with E-state index < -0.39 is 23.8 Å². The highest BCUT2D eigenvalue weighted by molar-refractivity contribution is 6.03. The van der Waals surface area contributed by atoms with E-state index in [1.54, 1.807) is 39.8 Å². The average molecular weight is 835 g/mol. The molecule has 322 valence electrons. The number of amides is 2. The third-order valence-electron chi connectivity index (χ3n) is 13.7. The molecule has 0 bridgehead atoms. The van der Waals surface area contributed by atoms with E-state index in [-0.39, 0.29) is 39.7 Å². The van der Waals surface area contributed by atoms with Gasteiger partial charge in [0.2, 0.25) is 0 Å². The maximum Gasteiger partial charge on any atom is 0.354 e. The normalized spacial score (nSPS) is 22.8. The van der Waals surface area contributed by atoms with Crippen molar-refractivity contribution in [2.24, 2.45) is 33.8 Å². The van der Waals surface area contributed by atoms with E-state index in [9.17, 15) is 19.2 Å². The molecule has 0 radical (unpaired) electrons. The van der Waals surface area contributed by atoms with Gasteiger partial charge in [-0.25, -0.2) is 18.6 Å². The molecule has 6 aromatic rings. The predicted molar refractivity (Wildman–Crippen MR) is 231 cm³/mol. The van der Waals surface area contributed by atoms with Crippen molar-refractivity contribution in [1.82, 2.24) is 29.2 Å². The van der Waals surface area contributed by atoms with Gasteiger partial charge < -0.3 is 53.4 Å². The van der Waals surface area contributed by atoms with Gasteiger partial charge in [0.1, 0.15) is 11.4 Å². The number of hydrogen-bond acceptors (Lipinski definition) is 11. The van der Waals surface area contributed by atoms with E-state index in [0.717, 1.165) is 42.4 Å². The molecule has 0 unspecified atom stereocenters. The highest BCUT2D eigenvalue weighted by Gasteiger charge is 2.50. The Labute approximate surface area is 351 Å². The Kier molecular flexibility index (Phi) is 10.5. The van der Waals surface area contributed by atoms with Gasteiger partial charge >= 0.3 is 11.9 Å². The number of carboxylic acids is 1. The van der Waals surface area contributed by atoms with Crippen molar-refractivity contribution in [2.75, 3.05) is 17.7 Å². The SMILES string of the molecule is CC1(C)[C@H](Nc2c(C(N)=O)cnn3cc(-c4c[nH]c(C(=O)O)c4)cc23)CC[C@]1(C)N.COC(=O)c1cc(-c2cc3c(N[C@@H]4CC[C@](C)(N)C4(C)C)c(C(N)=O)cnn3c2)c[nH]1. The molecule has 18 nitrogen and oxygen atoms in total. The summed E-state index contributed by atoms with van der Waals surface area (Å²) < 4.78 is 8.10. The first-order valence-electron chi connectivity index (χ1n) is 20.0. The van der Waals surface area contributed by atoms with Crippen LogP contribution >= 0.6 is 0 Å². The molecule has 8 rings (SSSR count). The van der Waals surface area contributed by atoms with Crippen molar-refractivity contribution in [3.63, 3.8) is 0 Å². The maximum absolute atomic E-state index is 12.2. The molecule has 2 saturated carbocycles. The molecule has 2 aliphatic carbocycles. The fourth-order valence-electron chi connectivity index (χ4n) is 8.48. The zero-order valence-corrected chi connectivity index (χ0v) is 35.3. The zero-order chi connectivity index (χ0) is 44.4. The molecule has 6 heterocycles. The summed E-state index contributed by atoms with van der Waals surface area (Å²) in [5.41, 5.74) is 30.1. The average Bonchev–Trinajstić information content (AvgIpc) is 4.05. The van der Waals surface area contributed by atoms with Gasteiger partial charge in [-0.05, 0) is 63.8 Å². The van der Waals surface area contributed by atoms with Crippen molar-refractivity contribution in [3.8, 4) is 22.3 Å². The number of H-pyrrole nitrogens is 2. The van der Waals surface area contributed by atoms with Gasteiger partial charge in [0, 0.05) is 81.0 Å². The lowest BCUT2D eigenvalue weighted by atomic mass is 9.75. The van der Waals surface area contributed by atoms with Crippen LogP contribution in [0.1, 0.15) is 109 Å². The highest BCUT2D eigenvalue weighted by atomic mass is 16.5. The molecule has 0 saturated heterocycles. The number of ether oxygens (including phenoxy) is 1. The number of methoxy groups -OCH3 is 1. The molecule has 6 aromatic heterocycles. The van der Waals surface area contributed by atoms with Gasteiger partial charge in [-0.2, -0.15) is 10.2 Å². The van der Waals surface area contributed by atoms with E-state index in [2.05, 4.69) is 65.4 Å². The number of primary amides is 2. The summed E-state index contributed by atoms with van der Waals surface area (Å²) >= 11 is 0. The van der Waals surface area contributed by atoms with Gasteiger partial charge in [0.15, 0.2) is 0 Å². The highest BCUT2D eigenvalue weighted by Crippen LogP contribution is 2.47. The summed E-state index contributed by atoms with van der Waals surface area (Å²) in [5, 5.41) is 24.9. The van der Waals surface area contributed by atoms with Gasteiger partial charge in [-0.3, -0.25) is 9.59 Å². The number of nitrogens with zero attached hydrogens (tertiary/aromatic N) is 4. The lowest BCUT2D eigenvalue weighted by molar-refractivity contribution is 0.0593. The lowest BCUT2D eigenvalue weighted by Crippen LogP contribution is -2.51. The number of hydrogen-bond donors (Lipinski definition) is 9. The predicted octanol–water partition coefficient (Wildman–Crippen LogP) is 4.98. The van der Waals surface area contributed by atoms with Crippen molar-refractivity contribution < 1.29 is 29.0 Å². The molecule has 13 N–H and O–H groups in total. The van der Waals surface area contributed by atoms with Crippen LogP contribution in [0, 0.1) is 10.8 Å². The minimum absolute atomic E-state index is 0.0426. The molecule has 0 spiro atoms. The van der Waals surface area contributed by atoms with E-state index in [1.165, 1.54) is 19.5 Å². The third-order valence-corrected chi connectivity index (χ3v) is 13.7. The second kappa shape index (κ2) is 15.1. The number of nitrogens with one attached hydrogen (secondary N) is 4. The molecule has 2 fully saturated rings. The first-order valence-corrected chi connectivity index (χ1v) is 20.0.